The zero-order valence-corrected chi connectivity index (χ0v) is 12.5. The lowest BCUT2D eigenvalue weighted by Gasteiger charge is -2.48. The van der Waals surface area contributed by atoms with Gasteiger partial charge in [-0.05, 0) is 18.7 Å². The minimum Gasteiger partial charge on any atom is -0.390 e. The summed E-state index contributed by atoms with van der Waals surface area (Å²) in [5, 5.41) is 9.09. The van der Waals surface area contributed by atoms with Crippen LogP contribution in [0.4, 0.5) is 10.2 Å². The maximum atomic E-state index is 13.3. The van der Waals surface area contributed by atoms with Gasteiger partial charge in [0.25, 0.3) is 0 Å². The molecule has 3 rings (SSSR count). The monoisotopic (exact) mass is 294 g/mol. The molecule has 2 fully saturated rings. The molecule has 0 radical (unpaired) electrons. The highest BCUT2D eigenvalue weighted by Gasteiger charge is 2.34. The molecule has 0 unspecified atom stereocenters. The molecular weight excluding hydrogens is 271 g/mol. The van der Waals surface area contributed by atoms with Crippen LogP contribution in [0.1, 0.15) is 12.6 Å². The maximum absolute atomic E-state index is 13.3. The third-order valence-corrected chi connectivity index (χ3v) is 4.61. The van der Waals surface area contributed by atoms with Crippen LogP contribution in [0.2, 0.25) is 0 Å². The van der Waals surface area contributed by atoms with Crippen LogP contribution in [0.25, 0.3) is 0 Å². The SMILES string of the molecule is CCN1CCN(C2CN(c3ccc(F)c(CO)n3)C2)CC1. The van der Waals surface area contributed by atoms with Gasteiger partial charge in [0.05, 0.1) is 6.61 Å². The van der Waals surface area contributed by atoms with Crippen molar-refractivity contribution in [2.24, 2.45) is 0 Å². The zero-order chi connectivity index (χ0) is 14.8. The first-order valence-electron chi connectivity index (χ1n) is 7.69. The first-order chi connectivity index (χ1) is 10.2. The molecule has 2 aliphatic rings. The van der Waals surface area contributed by atoms with E-state index in [0.717, 1.165) is 51.6 Å². The fourth-order valence-electron chi connectivity index (χ4n) is 3.08. The van der Waals surface area contributed by atoms with Crippen LogP contribution in [0.5, 0.6) is 0 Å². The van der Waals surface area contributed by atoms with Gasteiger partial charge in [0.2, 0.25) is 0 Å². The molecule has 1 aromatic heterocycles. The third kappa shape index (κ3) is 3.02. The van der Waals surface area contributed by atoms with E-state index in [1.54, 1.807) is 6.07 Å². The Morgan fingerprint density at radius 3 is 2.57 bits per heavy atom. The number of halogens is 1. The fourth-order valence-corrected chi connectivity index (χ4v) is 3.08. The van der Waals surface area contributed by atoms with Crippen molar-refractivity contribution in [2.45, 2.75) is 19.6 Å². The highest BCUT2D eigenvalue weighted by molar-refractivity contribution is 5.43. The number of aliphatic hydroxyl groups excluding tert-OH is 1. The van der Waals surface area contributed by atoms with Gasteiger partial charge in [-0.25, -0.2) is 9.37 Å². The lowest BCUT2D eigenvalue weighted by Crippen LogP contribution is -2.63. The number of aromatic nitrogens is 1. The summed E-state index contributed by atoms with van der Waals surface area (Å²) in [6, 6.07) is 3.66. The quantitative estimate of drug-likeness (QED) is 0.878. The van der Waals surface area contributed by atoms with Crippen molar-refractivity contribution < 1.29 is 9.50 Å². The van der Waals surface area contributed by atoms with Gasteiger partial charge >= 0.3 is 0 Å². The van der Waals surface area contributed by atoms with Crippen molar-refractivity contribution in [2.75, 3.05) is 50.7 Å². The van der Waals surface area contributed by atoms with E-state index in [-0.39, 0.29) is 12.3 Å². The first kappa shape index (κ1) is 14.7. The van der Waals surface area contributed by atoms with Crippen LogP contribution in [0, 0.1) is 5.82 Å². The molecule has 0 bridgehead atoms. The van der Waals surface area contributed by atoms with E-state index in [2.05, 4.69) is 26.6 Å². The van der Waals surface area contributed by atoms with Crippen LogP contribution < -0.4 is 4.90 Å². The zero-order valence-electron chi connectivity index (χ0n) is 12.5. The Morgan fingerprint density at radius 1 is 1.24 bits per heavy atom. The van der Waals surface area contributed by atoms with Crippen LogP contribution >= 0.6 is 0 Å². The number of hydrogen-bond donors (Lipinski definition) is 1. The summed E-state index contributed by atoms with van der Waals surface area (Å²) in [6.45, 7) is 9.43. The molecule has 0 amide bonds. The molecular formula is C15H23FN4O. The Balaban J connectivity index is 1.54. The van der Waals surface area contributed by atoms with Crippen molar-refractivity contribution in [3.8, 4) is 0 Å². The summed E-state index contributed by atoms with van der Waals surface area (Å²) in [7, 11) is 0. The number of anilines is 1. The highest BCUT2D eigenvalue weighted by atomic mass is 19.1. The number of aliphatic hydroxyl groups is 1. The van der Waals surface area contributed by atoms with E-state index in [1.165, 1.54) is 6.07 Å². The number of likely N-dealkylation sites (N-methyl/N-ethyl adjacent to an activating group) is 1. The Kier molecular flexibility index (Phi) is 4.37. The predicted octanol–water partition coefficient (Wildman–Crippen LogP) is 0.539. The average molecular weight is 294 g/mol. The normalized spacial score (nSPS) is 21.6. The van der Waals surface area contributed by atoms with E-state index in [1.807, 2.05) is 0 Å². The molecule has 0 spiro atoms. The Bertz CT molecular complexity index is 485. The highest BCUT2D eigenvalue weighted by Crippen LogP contribution is 2.23. The molecule has 0 aromatic carbocycles. The molecule has 0 aliphatic carbocycles. The lowest BCUT2D eigenvalue weighted by atomic mass is 10.1. The minimum atomic E-state index is -0.436. The average Bonchev–Trinajstić information content (AvgIpc) is 2.48. The van der Waals surface area contributed by atoms with Gasteiger partial charge < -0.3 is 14.9 Å². The summed E-state index contributed by atoms with van der Waals surface area (Å²) in [4.78, 5) is 11.4. The van der Waals surface area contributed by atoms with Crippen molar-refractivity contribution in [1.29, 1.82) is 0 Å². The van der Waals surface area contributed by atoms with E-state index in [9.17, 15) is 4.39 Å². The summed E-state index contributed by atoms with van der Waals surface area (Å²) >= 11 is 0. The third-order valence-electron chi connectivity index (χ3n) is 4.61. The van der Waals surface area contributed by atoms with Gasteiger partial charge in [-0.3, -0.25) is 4.90 Å². The van der Waals surface area contributed by atoms with E-state index in [0.29, 0.717) is 6.04 Å². The number of nitrogens with zero attached hydrogens (tertiary/aromatic N) is 4. The van der Waals surface area contributed by atoms with Crippen LogP contribution in [0.3, 0.4) is 0 Å². The topological polar surface area (TPSA) is 42.8 Å². The second-order valence-electron chi connectivity index (χ2n) is 5.79. The maximum Gasteiger partial charge on any atom is 0.147 e. The summed E-state index contributed by atoms with van der Waals surface area (Å²) < 4.78 is 13.3. The molecule has 1 N–H and O–H groups in total. The number of hydrogen-bond acceptors (Lipinski definition) is 5. The minimum absolute atomic E-state index is 0.132. The molecule has 3 heterocycles. The summed E-state index contributed by atoms with van der Waals surface area (Å²) in [6.07, 6.45) is 0. The Hall–Kier alpha value is -1.24. The molecule has 21 heavy (non-hydrogen) atoms. The molecule has 1 aromatic rings. The number of pyridine rings is 1. The second-order valence-corrected chi connectivity index (χ2v) is 5.79. The predicted molar refractivity (Wildman–Crippen MR) is 79.8 cm³/mol. The van der Waals surface area contributed by atoms with Crippen molar-refractivity contribution >= 4 is 5.82 Å². The van der Waals surface area contributed by atoms with Crippen LogP contribution in [-0.4, -0.2) is 71.7 Å². The number of rotatable bonds is 4. The van der Waals surface area contributed by atoms with Crippen LogP contribution in [-0.2, 0) is 6.61 Å². The van der Waals surface area contributed by atoms with E-state index < -0.39 is 5.82 Å². The molecule has 2 aliphatic heterocycles. The molecule has 116 valence electrons. The summed E-state index contributed by atoms with van der Waals surface area (Å²) in [5.41, 5.74) is 0.132. The lowest BCUT2D eigenvalue weighted by molar-refractivity contribution is 0.0858. The van der Waals surface area contributed by atoms with Gasteiger partial charge in [-0.2, -0.15) is 0 Å². The van der Waals surface area contributed by atoms with Gasteiger partial charge in [0, 0.05) is 45.3 Å². The van der Waals surface area contributed by atoms with Crippen LogP contribution in [0.15, 0.2) is 12.1 Å². The van der Waals surface area contributed by atoms with Crippen molar-refractivity contribution in [3.63, 3.8) is 0 Å². The van der Waals surface area contributed by atoms with E-state index >= 15 is 0 Å². The van der Waals surface area contributed by atoms with Gasteiger partial charge in [0.15, 0.2) is 0 Å². The van der Waals surface area contributed by atoms with E-state index in [4.69, 9.17) is 5.11 Å². The largest absolute Gasteiger partial charge is 0.390 e. The van der Waals surface area contributed by atoms with Crippen molar-refractivity contribution in [3.05, 3.63) is 23.6 Å². The Labute approximate surface area is 125 Å². The molecule has 0 atom stereocenters. The molecule has 0 saturated carbocycles. The molecule has 5 nitrogen and oxygen atoms in total. The van der Waals surface area contributed by atoms with Gasteiger partial charge in [-0.15, -0.1) is 0 Å². The smallest absolute Gasteiger partial charge is 0.147 e. The fraction of sp³-hybridized carbons (Fsp3) is 0.667. The number of piperazine rings is 1. The second kappa shape index (κ2) is 6.25. The molecule has 6 heteroatoms. The van der Waals surface area contributed by atoms with Crippen molar-refractivity contribution in [1.82, 2.24) is 14.8 Å². The van der Waals surface area contributed by atoms with Gasteiger partial charge in [-0.1, -0.05) is 6.92 Å². The Morgan fingerprint density at radius 2 is 1.95 bits per heavy atom. The van der Waals surface area contributed by atoms with Gasteiger partial charge in [0.1, 0.15) is 17.3 Å². The summed E-state index contributed by atoms with van der Waals surface area (Å²) in [5.74, 6) is 0.331. The standard InChI is InChI=1S/C15H23FN4O/c1-2-18-5-7-19(8-6-18)12-9-20(10-12)15-4-3-13(16)14(11-21)17-15/h3-4,12,21H,2,5-11H2,1H3. The molecule has 2 saturated heterocycles. The first-order valence-corrected chi connectivity index (χ1v) is 7.69.